The Kier molecular flexibility index (Phi) is 4.34. The molecule has 0 atom stereocenters. The van der Waals surface area contributed by atoms with Gasteiger partial charge in [0, 0.05) is 17.3 Å². The number of hydrazone groups is 1. The molecule has 2 aromatic rings. The summed E-state index contributed by atoms with van der Waals surface area (Å²) in [5.74, 6) is 0.582. The number of carbonyl (C=O) groups excluding carboxylic acids is 2. The highest BCUT2D eigenvalue weighted by Gasteiger charge is 1.97. The lowest BCUT2D eigenvalue weighted by Gasteiger charge is -1.99. The van der Waals surface area contributed by atoms with E-state index in [2.05, 4.69) is 15.5 Å². The number of Topliss-reactive ketones (excluding diaryl/α,β-unsaturated/α-hetero) is 1. The normalized spacial score (nSPS) is 10.4. The maximum atomic E-state index is 11.1. The van der Waals surface area contributed by atoms with Crippen LogP contribution < -0.4 is 5.43 Å². The first-order valence-electron chi connectivity index (χ1n) is 6.00. The van der Waals surface area contributed by atoms with Gasteiger partial charge in [0.1, 0.15) is 5.82 Å². The van der Waals surface area contributed by atoms with Crippen molar-refractivity contribution in [3.63, 3.8) is 0 Å². The zero-order chi connectivity index (χ0) is 14.4. The van der Waals surface area contributed by atoms with Crippen molar-refractivity contribution in [2.24, 2.45) is 5.10 Å². The maximum absolute atomic E-state index is 11.1. The van der Waals surface area contributed by atoms with Crippen LogP contribution in [-0.4, -0.2) is 23.3 Å². The van der Waals surface area contributed by atoms with Crippen LogP contribution in [0.4, 0.5) is 5.82 Å². The SMILES string of the molecule is CC(=O)c1ccc(/C=N/Nc2ccc(C=O)cn2)cc1. The summed E-state index contributed by atoms with van der Waals surface area (Å²) < 4.78 is 0. The van der Waals surface area contributed by atoms with Crippen molar-refractivity contribution in [1.29, 1.82) is 0 Å². The molecule has 100 valence electrons. The van der Waals surface area contributed by atoms with Gasteiger partial charge in [-0.05, 0) is 24.6 Å². The van der Waals surface area contributed by atoms with Gasteiger partial charge >= 0.3 is 0 Å². The Labute approximate surface area is 116 Å². The number of rotatable bonds is 5. The molecule has 1 aromatic heterocycles. The molecule has 20 heavy (non-hydrogen) atoms. The molecule has 0 saturated carbocycles. The van der Waals surface area contributed by atoms with Crippen molar-refractivity contribution in [2.45, 2.75) is 6.92 Å². The quantitative estimate of drug-likeness (QED) is 0.391. The van der Waals surface area contributed by atoms with Crippen LogP contribution in [0, 0.1) is 0 Å². The lowest BCUT2D eigenvalue weighted by atomic mass is 10.1. The van der Waals surface area contributed by atoms with Crippen LogP contribution in [0.1, 0.15) is 33.2 Å². The summed E-state index contributed by atoms with van der Waals surface area (Å²) in [5, 5.41) is 4.03. The fourth-order valence-electron chi connectivity index (χ4n) is 1.52. The number of hydrogen-bond donors (Lipinski definition) is 1. The summed E-state index contributed by atoms with van der Waals surface area (Å²) in [6.45, 7) is 1.53. The van der Waals surface area contributed by atoms with Crippen molar-refractivity contribution in [3.05, 3.63) is 59.3 Å². The fourth-order valence-corrected chi connectivity index (χ4v) is 1.52. The smallest absolute Gasteiger partial charge is 0.159 e. The number of carbonyl (C=O) groups is 2. The summed E-state index contributed by atoms with van der Waals surface area (Å²) in [6, 6.07) is 10.4. The van der Waals surface area contributed by atoms with Crippen LogP contribution in [0.5, 0.6) is 0 Å². The third-order valence-electron chi connectivity index (χ3n) is 2.63. The Hall–Kier alpha value is -2.82. The first-order valence-corrected chi connectivity index (χ1v) is 6.00. The second-order valence-electron chi connectivity index (χ2n) is 4.14. The molecule has 1 heterocycles. The molecule has 1 N–H and O–H groups in total. The van der Waals surface area contributed by atoms with Crippen molar-refractivity contribution >= 4 is 24.1 Å². The third-order valence-corrected chi connectivity index (χ3v) is 2.63. The highest BCUT2D eigenvalue weighted by Crippen LogP contribution is 2.05. The lowest BCUT2D eigenvalue weighted by molar-refractivity contribution is 0.101. The van der Waals surface area contributed by atoms with Crippen LogP contribution >= 0.6 is 0 Å². The number of anilines is 1. The Morgan fingerprint density at radius 3 is 2.40 bits per heavy atom. The molecular formula is C15H13N3O2. The summed E-state index contributed by atoms with van der Waals surface area (Å²) in [4.78, 5) is 25.6. The number of nitrogens with zero attached hydrogens (tertiary/aromatic N) is 2. The van der Waals surface area contributed by atoms with Gasteiger partial charge in [-0.1, -0.05) is 24.3 Å². The Bertz CT molecular complexity index is 631. The molecule has 0 saturated heterocycles. The van der Waals surface area contributed by atoms with E-state index in [4.69, 9.17) is 0 Å². The predicted octanol–water partition coefficient (Wildman–Crippen LogP) is 2.54. The van der Waals surface area contributed by atoms with Crippen molar-refractivity contribution in [1.82, 2.24) is 4.98 Å². The summed E-state index contributed by atoms with van der Waals surface area (Å²) in [7, 11) is 0. The van der Waals surface area contributed by atoms with Gasteiger partial charge in [-0.2, -0.15) is 5.10 Å². The van der Waals surface area contributed by atoms with Crippen LogP contribution in [0.25, 0.3) is 0 Å². The zero-order valence-electron chi connectivity index (χ0n) is 10.9. The summed E-state index contributed by atoms with van der Waals surface area (Å²) >= 11 is 0. The average Bonchev–Trinajstić information content (AvgIpc) is 2.48. The van der Waals surface area contributed by atoms with Gasteiger partial charge in [-0.3, -0.25) is 15.0 Å². The molecule has 0 fully saturated rings. The van der Waals surface area contributed by atoms with Crippen molar-refractivity contribution < 1.29 is 9.59 Å². The molecule has 5 heteroatoms. The average molecular weight is 267 g/mol. The predicted molar refractivity (Wildman–Crippen MR) is 77.3 cm³/mol. The first-order chi connectivity index (χ1) is 9.69. The molecule has 1 aromatic carbocycles. The lowest BCUT2D eigenvalue weighted by Crippen LogP contribution is -1.95. The highest BCUT2D eigenvalue weighted by molar-refractivity contribution is 5.94. The molecule has 0 bridgehead atoms. The molecule has 0 amide bonds. The van der Waals surface area contributed by atoms with Gasteiger partial charge in [-0.15, -0.1) is 0 Å². The molecule has 5 nitrogen and oxygen atoms in total. The molecular weight excluding hydrogens is 254 g/mol. The monoisotopic (exact) mass is 267 g/mol. The topological polar surface area (TPSA) is 71.4 Å². The minimum atomic E-state index is 0.0334. The van der Waals surface area contributed by atoms with Crippen LogP contribution in [0.3, 0.4) is 0 Å². The molecule has 0 unspecified atom stereocenters. The number of benzene rings is 1. The van der Waals surface area contributed by atoms with E-state index in [1.807, 2.05) is 12.1 Å². The van der Waals surface area contributed by atoms with E-state index in [1.54, 1.807) is 30.5 Å². The number of aldehydes is 1. The number of aromatic nitrogens is 1. The largest absolute Gasteiger partial charge is 0.298 e. The molecule has 2 rings (SSSR count). The summed E-state index contributed by atoms with van der Waals surface area (Å²) in [6.07, 6.45) is 3.82. The van der Waals surface area contributed by atoms with Crippen LogP contribution in [0.15, 0.2) is 47.7 Å². The van der Waals surface area contributed by atoms with Gasteiger partial charge in [-0.25, -0.2) is 4.98 Å². The third kappa shape index (κ3) is 3.58. The zero-order valence-corrected chi connectivity index (χ0v) is 10.9. The maximum Gasteiger partial charge on any atom is 0.159 e. The molecule has 0 aliphatic rings. The Morgan fingerprint density at radius 1 is 1.15 bits per heavy atom. The highest BCUT2D eigenvalue weighted by atomic mass is 16.1. The van der Waals surface area contributed by atoms with Crippen LogP contribution in [-0.2, 0) is 0 Å². The van der Waals surface area contributed by atoms with E-state index in [0.29, 0.717) is 16.9 Å². The van der Waals surface area contributed by atoms with E-state index < -0.39 is 0 Å². The standard InChI is InChI=1S/C15H13N3O2/c1-11(20)14-5-2-12(3-6-14)9-17-18-15-7-4-13(10-19)8-16-15/h2-10H,1H3,(H,16,18)/b17-9+. The first kappa shape index (κ1) is 13.6. The minimum absolute atomic E-state index is 0.0334. The van der Waals surface area contributed by atoms with Gasteiger partial charge in [0.05, 0.1) is 6.21 Å². The van der Waals surface area contributed by atoms with Gasteiger partial charge in [0.15, 0.2) is 12.1 Å². The second-order valence-corrected chi connectivity index (χ2v) is 4.14. The number of ketones is 1. The number of nitrogens with one attached hydrogen (secondary N) is 1. The van der Waals surface area contributed by atoms with E-state index in [-0.39, 0.29) is 5.78 Å². The van der Waals surface area contributed by atoms with Crippen molar-refractivity contribution in [3.8, 4) is 0 Å². The Morgan fingerprint density at radius 2 is 1.85 bits per heavy atom. The minimum Gasteiger partial charge on any atom is -0.298 e. The summed E-state index contributed by atoms with van der Waals surface area (Å²) in [5.41, 5.74) is 4.81. The van der Waals surface area contributed by atoms with Gasteiger partial charge in [0.2, 0.25) is 0 Å². The van der Waals surface area contributed by atoms with E-state index >= 15 is 0 Å². The second kappa shape index (κ2) is 6.38. The Balaban J connectivity index is 1.98. The molecule has 0 radical (unpaired) electrons. The fraction of sp³-hybridized carbons (Fsp3) is 0.0667. The number of hydrogen-bond acceptors (Lipinski definition) is 5. The van der Waals surface area contributed by atoms with E-state index in [0.717, 1.165) is 11.8 Å². The molecule has 0 aliphatic heterocycles. The van der Waals surface area contributed by atoms with E-state index in [9.17, 15) is 9.59 Å². The van der Waals surface area contributed by atoms with Crippen LogP contribution in [0.2, 0.25) is 0 Å². The van der Waals surface area contributed by atoms with Crippen molar-refractivity contribution in [2.75, 3.05) is 5.43 Å². The van der Waals surface area contributed by atoms with E-state index in [1.165, 1.54) is 13.1 Å². The van der Waals surface area contributed by atoms with Gasteiger partial charge in [0.25, 0.3) is 0 Å². The number of pyridine rings is 1. The molecule has 0 spiro atoms. The van der Waals surface area contributed by atoms with Gasteiger partial charge < -0.3 is 0 Å². The molecule has 0 aliphatic carbocycles.